The van der Waals surface area contributed by atoms with Crippen LogP contribution in [-0.2, 0) is 6.42 Å². The molecule has 0 aliphatic carbocycles. The highest BCUT2D eigenvalue weighted by Gasteiger charge is 2.28. The van der Waals surface area contributed by atoms with Crippen LogP contribution in [0.5, 0.6) is 0 Å². The minimum absolute atomic E-state index is 0.0310. The minimum Gasteiger partial charge on any atom is -0.345 e. The summed E-state index contributed by atoms with van der Waals surface area (Å²) in [5.41, 5.74) is 2.08. The molecule has 1 saturated heterocycles. The maximum Gasteiger partial charge on any atom is 0.282 e. The highest BCUT2D eigenvalue weighted by atomic mass is 35.5. The Labute approximate surface area is 176 Å². The maximum absolute atomic E-state index is 12.9. The minimum atomic E-state index is -0.549. The molecular weight excluding hydrogens is 412 g/mol. The molecule has 4 rings (SSSR count). The summed E-state index contributed by atoms with van der Waals surface area (Å²) >= 11 is 7.61. The first-order valence-corrected chi connectivity index (χ1v) is 10.5. The van der Waals surface area contributed by atoms with Crippen LogP contribution in [0.4, 0.5) is 10.8 Å². The average molecular weight is 431 g/mol. The number of aryl methyl sites for hydroxylation is 1. The van der Waals surface area contributed by atoms with E-state index in [2.05, 4.69) is 30.0 Å². The van der Waals surface area contributed by atoms with Gasteiger partial charge in [0.05, 0.1) is 15.1 Å². The first-order valence-electron chi connectivity index (χ1n) is 9.34. The van der Waals surface area contributed by atoms with Crippen LogP contribution in [0.1, 0.15) is 22.8 Å². The quantitative estimate of drug-likeness (QED) is 0.453. The Hall–Kier alpha value is -2.71. The highest BCUT2D eigenvalue weighted by Crippen LogP contribution is 2.32. The molecule has 0 N–H and O–H groups in total. The number of hydrogen-bond acceptors (Lipinski definition) is 6. The third kappa shape index (κ3) is 3.77. The fraction of sp³-hybridized carbons (Fsp3) is 0.300. The molecule has 7 nitrogen and oxygen atoms in total. The number of nitrogens with zero attached hydrogens (tertiary/aromatic N) is 4. The number of para-hydroxylation sites is 1. The molecule has 150 valence electrons. The molecule has 0 spiro atoms. The molecule has 2 heterocycles. The van der Waals surface area contributed by atoms with Gasteiger partial charge in [-0.05, 0) is 30.2 Å². The summed E-state index contributed by atoms with van der Waals surface area (Å²) in [4.78, 5) is 32.2. The van der Waals surface area contributed by atoms with E-state index in [-0.39, 0.29) is 17.2 Å². The van der Waals surface area contributed by atoms with Crippen LogP contribution >= 0.6 is 22.9 Å². The number of hydrogen-bond donors (Lipinski definition) is 0. The molecule has 3 aromatic rings. The lowest BCUT2D eigenvalue weighted by Crippen LogP contribution is -2.48. The van der Waals surface area contributed by atoms with E-state index < -0.39 is 4.92 Å². The van der Waals surface area contributed by atoms with Crippen LogP contribution in [0, 0.1) is 10.1 Å². The Morgan fingerprint density at radius 3 is 2.69 bits per heavy atom. The summed E-state index contributed by atoms with van der Waals surface area (Å²) in [6.07, 6.45) is 0.932. The molecule has 1 amide bonds. The Morgan fingerprint density at radius 1 is 1.24 bits per heavy atom. The number of carbonyl (C=O) groups is 1. The second kappa shape index (κ2) is 7.96. The molecule has 1 aromatic heterocycles. The number of nitro groups is 1. The van der Waals surface area contributed by atoms with Gasteiger partial charge in [-0.25, -0.2) is 4.98 Å². The van der Waals surface area contributed by atoms with Crippen molar-refractivity contribution in [2.45, 2.75) is 13.3 Å². The van der Waals surface area contributed by atoms with E-state index in [0.717, 1.165) is 21.8 Å². The Kier molecular flexibility index (Phi) is 5.38. The van der Waals surface area contributed by atoms with E-state index in [1.54, 1.807) is 16.2 Å². The predicted octanol–water partition coefficient (Wildman–Crippen LogP) is 4.38. The van der Waals surface area contributed by atoms with Crippen LogP contribution in [0.2, 0.25) is 5.02 Å². The van der Waals surface area contributed by atoms with Gasteiger partial charge in [-0.1, -0.05) is 42.0 Å². The zero-order valence-corrected chi connectivity index (χ0v) is 17.4. The number of nitro benzene ring substituents is 1. The number of fused-ring (bicyclic) bond motifs is 1. The first-order chi connectivity index (χ1) is 14.0. The van der Waals surface area contributed by atoms with Gasteiger partial charge in [-0.3, -0.25) is 14.9 Å². The molecule has 0 saturated carbocycles. The lowest BCUT2D eigenvalue weighted by atomic mass is 10.1. The van der Waals surface area contributed by atoms with Gasteiger partial charge in [0.2, 0.25) is 0 Å². The van der Waals surface area contributed by atoms with Crippen molar-refractivity contribution in [1.82, 2.24) is 9.88 Å². The summed E-state index contributed by atoms with van der Waals surface area (Å²) < 4.78 is 1.16. The van der Waals surface area contributed by atoms with E-state index in [1.807, 2.05) is 0 Å². The molecule has 9 heteroatoms. The van der Waals surface area contributed by atoms with E-state index in [1.165, 1.54) is 23.8 Å². The Balaban J connectivity index is 1.51. The number of amides is 1. The van der Waals surface area contributed by atoms with Crippen molar-refractivity contribution in [2.75, 3.05) is 31.1 Å². The molecule has 1 aliphatic rings. The van der Waals surface area contributed by atoms with E-state index in [0.29, 0.717) is 31.2 Å². The first kappa shape index (κ1) is 19.6. The molecule has 1 fully saturated rings. The summed E-state index contributed by atoms with van der Waals surface area (Å²) in [5.74, 6) is -0.364. The number of rotatable bonds is 4. The van der Waals surface area contributed by atoms with Crippen molar-refractivity contribution in [3.05, 3.63) is 62.7 Å². The fourth-order valence-corrected chi connectivity index (χ4v) is 4.76. The smallest absolute Gasteiger partial charge is 0.282 e. The highest BCUT2D eigenvalue weighted by molar-refractivity contribution is 7.22. The number of anilines is 1. The molecule has 0 bridgehead atoms. The summed E-state index contributed by atoms with van der Waals surface area (Å²) in [6.45, 7) is 4.31. The molecule has 2 aromatic carbocycles. The number of piperazine rings is 1. The average Bonchev–Trinajstić information content (AvgIpc) is 3.17. The van der Waals surface area contributed by atoms with E-state index >= 15 is 0 Å². The largest absolute Gasteiger partial charge is 0.345 e. The number of aromatic nitrogens is 1. The van der Waals surface area contributed by atoms with E-state index in [9.17, 15) is 14.9 Å². The topological polar surface area (TPSA) is 79.6 Å². The summed E-state index contributed by atoms with van der Waals surface area (Å²) in [7, 11) is 0. The third-order valence-electron chi connectivity index (χ3n) is 5.10. The van der Waals surface area contributed by atoms with Crippen LogP contribution in [-0.4, -0.2) is 46.9 Å². The molecule has 1 aliphatic heterocycles. The second-order valence-corrected chi connectivity index (χ2v) is 8.26. The monoisotopic (exact) mass is 430 g/mol. The fourth-order valence-electron chi connectivity index (χ4n) is 3.52. The zero-order chi connectivity index (χ0) is 20.5. The standard InChI is InChI=1S/C20H19ClN4O3S/c1-2-13-4-3-5-17-18(13)22-20(29-17)24-10-8-23(9-11-24)19(26)15-12-14(21)6-7-16(15)25(27)28/h3-7,12H,2,8-11H2,1H3. The molecule has 29 heavy (non-hydrogen) atoms. The zero-order valence-electron chi connectivity index (χ0n) is 15.8. The van der Waals surface area contributed by atoms with Crippen LogP contribution < -0.4 is 4.90 Å². The summed E-state index contributed by atoms with van der Waals surface area (Å²) in [5, 5.41) is 12.5. The Bertz CT molecular complexity index is 1090. The lowest BCUT2D eigenvalue weighted by molar-refractivity contribution is -0.385. The Morgan fingerprint density at radius 2 is 2.00 bits per heavy atom. The van der Waals surface area contributed by atoms with Gasteiger partial charge in [-0.2, -0.15) is 0 Å². The second-order valence-electron chi connectivity index (χ2n) is 6.81. The third-order valence-corrected chi connectivity index (χ3v) is 6.41. The van der Waals surface area contributed by atoms with Crippen molar-refractivity contribution in [1.29, 1.82) is 0 Å². The van der Waals surface area contributed by atoms with Gasteiger partial charge in [0.15, 0.2) is 5.13 Å². The van der Waals surface area contributed by atoms with Gasteiger partial charge in [-0.15, -0.1) is 0 Å². The van der Waals surface area contributed by atoms with Crippen molar-refractivity contribution < 1.29 is 9.72 Å². The summed E-state index contributed by atoms with van der Waals surface area (Å²) in [6, 6.07) is 10.3. The van der Waals surface area contributed by atoms with Gasteiger partial charge >= 0.3 is 0 Å². The van der Waals surface area contributed by atoms with Gasteiger partial charge in [0.1, 0.15) is 5.56 Å². The van der Waals surface area contributed by atoms with Gasteiger partial charge in [0.25, 0.3) is 11.6 Å². The van der Waals surface area contributed by atoms with Crippen LogP contribution in [0.15, 0.2) is 36.4 Å². The molecule has 0 atom stereocenters. The molecule has 0 unspecified atom stereocenters. The van der Waals surface area contributed by atoms with Crippen LogP contribution in [0.25, 0.3) is 10.2 Å². The van der Waals surface area contributed by atoms with Gasteiger partial charge in [0, 0.05) is 37.3 Å². The van der Waals surface area contributed by atoms with Crippen LogP contribution in [0.3, 0.4) is 0 Å². The number of benzene rings is 2. The van der Waals surface area contributed by atoms with Crippen molar-refractivity contribution >= 4 is 49.9 Å². The predicted molar refractivity (Wildman–Crippen MR) is 115 cm³/mol. The van der Waals surface area contributed by atoms with E-state index in [4.69, 9.17) is 16.6 Å². The molecular formula is C20H19ClN4O3S. The van der Waals surface area contributed by atoms with Crippen molar-refractivity contribution in [3.63, 3.8) is 0 Å². The van der Waals surface area contributed by atoms with Gasteiger partial charge < -0.3 is 9.80 Å². The SMILES string of the molecule is CCc1cccc2sc(N3CCN(C(=O)c4cc(Cl)ccc4[N+](=O)[O-])CC3)nc12. The normalized spacial score (nSPS) is 14.4. The number of halogens is 1. The van der Waals surface area contributed by atoms with Crippen molar-refractivity contribution in [2.24, 2.45) is 0 Å². The van der Waals surface area contributed by atoms with Crippen molar-refractivity contribution in [3.8, 4) is 0 Å². The number of carbonyl (C=O) groups excluding carboxylic acids is 1. The lowest BCUT2D eigenvalue weighted by Gasteiger charge is -2.34. The number of thiazole rings is 1. The maximum atomic E-state index is 12.9. The molecule has 0 radical (unpaired) electrons.